The molecule has 30 heavy (non-hydrogen) atoms. The Morgan fingerprint density at radius 2 is 1.73 bits per heavy atom. The van der Waals surface area contributed by atoms with Gasteiger partial charge in [-0.2, -0.15) is 12.6 Å². The van der Waals surface area contributed by atoms with Crippen molar-refractivity contribution in [2.45, 2.75) is 50.1 Å². The third kappa shape index (κ3) is 4.58. The summed E-state index contributed by atoms with van der Waals surface area (Å²) in [6.45, 7) is 2.74. The van der Waals surface area contributed by atoms with Crippen molar-refractivity contribution in [3.05, 3.63) is 29.3 Å². The molecule has 1 saturated carbocycles. The fourth-order valence-corrected chi connectivity index (χ4v) is 5.41. The maximum Gasteiger partial charge on any atom is 0.246 e. The molecule has 2 amide bonds. The van der Waals surface area contributed by atoms with Crippen molar-refractivity contribution in [2.24, 2.45) is 5.41 Å². The number of benzene rings is 1. The molecule has 8 heteroatoms. The largest absolute Gasteiger partial charge is 0.381 e. The van der Waals surface area contributed by atoms with E-state index in [0.29, 0.717) is 31.1 Å². The van der Waals surface area contributed by atoms with Crippen LogP contribution in [-0.2, 0) is 14.3 Å². The van der Waals surface area contributed by atoms with E-state index < -0.39 is 5.54 Å². The number of piperidine rings is 1. The molecule has 1 aromatic rings. The van der Waals surface area contributed by atoms with Crippen molar-refractivity contribution >= 4 is 41.7 Å². The molecule has 164 valence electrons. The van der Waals surface area contributed by atoms with Crippen molar-refractivity contribution in [1.29, 1.82) is 0 Å². The van der Waals surface area contributed by atoms with Gasteiger partial charge in [0, 0.05) is 55.9 Å². The first-order valence-corrected chi connectivity index (χ1v) is 11.8. The van der Waals surface area contributed by atoms with Gasteiger partial charge >= 0.3 is 0 Å². The average Bonchev–Trinajstić information content (AvgIpc) is 2.75. The summed E-state index contributed by atoms with van der Waals surface area (Å²) >= 11 is 10.1. The first kappa shape index (κ1) is 21.8. The zero-order chi connectivity index (χ0) is 21.2. The molecule has 0 unspecified atom stereocenters. The fourth-order valence-electron chi connectivity index (χ4n) is 5.09. The predicted molar refractivity (Wildman–Crippen MR) is 121 cm³/mol. The highest BCUT2D eigenvalue weighted by molar-refractivity contribution is 7.81. The highest BCUT2D eigenvalue weighted by atomic mass is 35.5. The van der Waals surface area contributed by atoms with Gasteiger partial charge in [-0.1, -0.05) is 11.6 Å². The van der Waals surface area contributed by atoms with Crippen LogP contribution in [0.3, 0.4) is 0 Å². The van der Waals surface area contributed by atoms with Gasteiger partial charge in [0.25, 0.3) is 0 Å². The maximum absolute atomic E-state index is 13.3. The minimum absolute atomic E-state index is 0.0586. The number of carbonyl (C=O) groups excluding carboxylic acids is 2. The van der Waals surface area contributed by atoms with E-state index in [0.717, 1.165) is 44.5 Å². The second-order valence-corrected chi connectivity index (χ2v) is 9.70. The van der Waals surface area contributed by atoms with Gasteiger partial charge < -0.3 is 20.3 Å². The van der Waals surface area contributed by atoms with Crippen LogP contribution in [0.25, 0.3) is 0 Å². The number of nitrogens with one attached hydrogen (secondary N) is 2. The molecular formula is C22H30ClN3O3S. The van der Waals surface area contributed by atoms with E-state index in [9.17, 15) is 9.59 Å². The predicted octanol–water partition coefficient (Wildman–Crippen LogP) is 3.12. The number of nitrogens with zero attached hydrogens (tertiary/aromatic N) is 1. The first-order valence-electron chi connectivity index (χ1n) is 10.7. The molecule has 1 aromatic carbocycles. The lowest BCUT2D eigenvalue weighted by atomic mass is 9.60. The second kappa shape index (κ2) is 8.97. The third-order valence-electron chi connectivity index (χ3n) is 7.01. The molecule has 0 radical (unpaired) electrons. The van der Waals surface area contributed by atoms with Gasteiger partial charge in [-0.25, -0.2) is 0 Å². The Hall–Kier alpha value is -1.44. The normalized spacial score (nSPS) is 22.9. The Kier molecular flexibility index (Phi) is 6.51. The maximum atomic E-state index is 13.3. The molecule has 1 spiro atoms. The van der Waals surface area contributed by atoms with Gasteiger partial charge in [0.15, 0.2) is 0 Å². The Morgan fingerprint density at radius 1 is 1.10 bits per heavy atom. The van der Waals surface area contributed by atoms with Crippen LogP contribution >= 0.6 is 24.2 Å². The molecule has 0 bridgehead atoms. The standard InChI is InChI=1S/C22H30ClN3O3S/c23-16-1-3-17(4-2-16)25-22(7-11-29-12-8-22)20(28)24-18-13-21(14-18)5-9-26(10-6-21)19(27)15-30/h1-4,18,25,30H,5-15H2,(H,24,28). The molecule has 0 atom stereocenters. The zero-order valence-corrected chi connectivity index (χ0v) is 18.8. The number of likely N-dealkylation sites (tertiary alicyclic amines) is 1. The summed E-state index contributed by atoms with van der Waals surface area (Å²) in [5.74, 6) is 0.452. The van der Waals surface area contributed by atoms with Crippen LogP contribution in [0.2, 0.25) is 5.02 Å². The van der Waals surface area contributed by atoms with Crippen LogP contribution in [0.1, 0.15) is 38.5 Å². The fraction of sp³-hybridized carbons (Fsp3) is 0.636. The SMILES string of the molecule is O=C(CS)N1CCC2(CC1)CC(NC(=O)C1(Nc3ccc(Cl)cc3)CCOCC1)C2. The molecule has 1 aliphatic carbocycles. The van der Waals surface area contributed by atoms with Gasteiger partial charge in [-0.3, -0.25) is 9.59 Å². The topological polar surface area (TPSA) is 70.7 Å². The van der Waals surface area contributed by atoms with Gasteiger partial charge in [0.2, 0.25) is 11.8 Å². The van der Waals surface area contributed by atoms with Gasteiger partial charge in [0.1, 0.15) is 5.54 Å². The summed E-state index contributed by atoms with van der Waals surface area (Å²) in [5.41, 5.74) is 0.511. The minimum Gasteiger partial charge on any atom is -0.381 e. The molecular weight excluding hydrogens is 422 g/mol. The number of rotatable bonds is 5. The lowest BCUT2D eigenvalue weighted by molar-refractivity contribution is -0.133. The Bertz CT molecular complexity index is 766. The van der Waals surface area contributed by atoms with Crippen LogP contribution in [0.5, 0.6) is 0 Å². The average molecular weight is 452 g/mol. The summed E-state index contributed by atoms with van der Waals surface area (Å²) in [6.07, 6.45) is 5.30. The Labute approximate surface area is 188 Å². The van der Waals surface area contributed by atoms with Crippen LogP contribution in [0.4, 0.5) is 5.69 Å². The second-order valence-electron chi connectivity index (χ2n) is 8.94. The molecule has 3 fully saturated rings. The number of halogens is 1. The molecule has 2 aliphatic heterocycles. The molecule has 3 aliphatic rings. The quantitative estimate of drug-likeness (QED) is 0.601. The lowest BCUT2D eigenvalue weighted by Crippen LogP contribution is -2.62. The first-order chi connectivity index (χ1) is 14.4. The molecule has 2 saturated heterocycles. The van der Waals surface area contributed by atoms with Crippen molar-refractivity contribution in [3.8, 4) is 0 Å². The zero-order valence-electron chi connectivity index (χ0n) is 17.2. The number of hydrogen-bond donors (Lipinski definition) is 3. The number of hydrogen-bond acceptors (Lipinski definition) is 5. The summed E-state index contributed by atoms with van der Waals surface area (Å²) in [5, 5.41) is 7.44. The number of anilines is 1. The van der Waals surface area contributed by atoms with Crippen molar-refractivity contribution in [3.63, 3.8) is 0 Å². The number of amides is 2. The van der Waals surface area contributed by atoms with Crippen LogP contribution in [0, 0.1) is 5.41 Å². The molecule has 4 rings (SSSR count). The smallest absolute Gasteiger partial charge is 0.246 e. The van der Waals surface area contributed by atoms with E-state index in [4.69, 9.17) is 16.3 Å². The lowest BCUT2D eigenvalue weighted by Gasteiger charge is -2.53. The summed E-state index contributed by atoms with van der Waals surface area (Å²) < 4.78 is 5.53. The number of carbonyl (C=O) groups is 2. The number of thiol groups is 1. The van der Waals surface area contributed by atoms with E-state index in [-0.39, 0.29) is 29.0 Å². The Morgan fingerprint density at radius 3 is 2.33 bits per heavy atom. The molecule has 2 heterocycles. The minimum atomic E-state index is -0.656. The van der Waals surface area contributed by atoms with E-state index in [1.54, 1.807) is 0 Å². The van der Waals surface area contributed by atoms with Crippen molar-refractivity contribution in [1.82, 2.24) is 10.2 Å². The van der Waals surface area contributed by atoms with Crippen LogP contribution in [-0.4, -0.2) is 60.4 Å². The molecule has 6 nitrogen and oxygen atoms in total. The third-order valence-corrected chi connectivity index (χ3v) is 7.54. The van der Waals surface area contributed by atoms with E-state index in [2.05, 4.69) is 23.3 Å². The van der Waals surface area contributed by atoms with Crippen molar-refractivity contribution in [2.75, 3.05) is 37.4 Å². The Balaban J connectivity index is 1.34. The van der Waals surface area contributed by atoms with E-state index >= 15 is 0 Å². The molecule has 2 N–H and O–H groups in total. The summed E-state index contributed by atoms with van der Waals surface area (Å²) in [4.78, 5) is 27.1. The number of ether oxygens (including phenoxy) is 1. The monoisotopic (exact) mass is 451 g/mol. The van der Waals surface area contributed by atoms with E-state index in [1.165, 1.54) is 0 Å². The summed E-state index contributed by atoms with van der Waals surface area (Å²) in [6, 6.07) is 7.68. The van der Waals surface area contributed by atoms with Crippen LogP contribution in [0.15, 0.2) is 24.3 Å². The highest BCUT2D eigenvalue weighted by Gasteiger charge is 2.49. The molecule has 0 aromatic heterocycles. The van der Waals surface area contributed by atoms with Crippen LogP contribution < -0.4 is 10.6 Å². The van der Waals surface area contributed by atoms with E-state index in [1.807, 2.05) is 29.2 Å². The summed E-state index contributed by atoms with van der Waals surface area (Å²) in [7, 11) is 0. The highest BCUT2D eigenvalue weighted by Crippen LogP contribution is 2.49. The van der Waals surface area contributed by atoms with Gasteiger partial charge in [-0.05, 0) is 55.4 Å². The van der Waals surface area contributed by atoms with Gasteiger partial charge in [-0.15, -0.1) is 0 Å². The van der Waals surface area contributed by atoms with Crippen molar-refractivity contribution < 1.29 is 14.3 Å². The van der Waals surface area contributed by atoms with Gasteiger partial charge in [0.05, 0.1) is 5.75 Å².